The van der Waals surface area contributed by atoms with E-state index in [-0.39, 0.29) is 12.2 Å². The van der Waals surface area contributed by atoms with Crippen LogP contribution in [0.1, 0.15) is 12.0 Å². The standard InChI is InChI=1S/C9H11NO3/c11-8-4-1-7(2-5-8)3-6-9(12)10-13/h1-2,4-5,11,13H,3,6H2,(H,10,12). The van der Waals surface area contributed by atoms with Crippen molar-refractivity contribution in [3.63, 3.8) is 0 Å². The summed E-state index contributed by atoms with van der Waals surface area (Å²) < 4.78 is 0. The molecule has 0 fully saturated rings. The van der Waals surface area contributed by atoms with Gasteiger partial charge in [-0.3, -0.25) is 10.0 Å². The number of hydrogen-bond acceptors (Lipinski definition) is 3. The fraction of sp³-hybridized carbons (Fsp3) is 0.222. The highest BCUT2D eigenvalue weighted by Gasteiger charge is 1.99. The fourth-order valence-corrected chi connectivity index (χ4v) is 0.976. The van der Waals surface area contributed by atoms with Gasteiger partial charge in [-0.15, -0.1) is 0 Å². The molecule has 13 heavy (non-hydrogen) atoms. The predicted octanol–water partition coefficient (Wildman–Crippen LogP) is 0.830. The quantitative estimate of drug-likeness (QED) is 0.478. The molecule has 0 saturated heterocycles. The molecule has 1 aromatic rings. The molecule has 0 heterocycles. The molecule has 0 aliphatic rings. The van der Waals surface area contributed by atoms with Gasteiger partial charge in [-0.2, -0.15) is 0 Å². The van der Waals surface area contributed by atoms with Crippen molar-refractivity contribution in [3.8, 4) is 5.75 Å². The van der Waals surface area contributed by atoms with E-state index in [0.717, 1.165) is 5.56 Å². The first-order valence-corrected chi connectivity index (χ1v) is 3.93. The molecule has 0 saturated carbocycles. The van der Waals surface area contributed by atoms with Crippen molar-refractivity contribution >= 4 is 5.91 Å². The highest BCUT2D eigenvalue weighted by Crippen LogP contribution is 2.10. The SMILES string of the molecule is O=C(CCc1ccc(O)cc1)NO. The first-order chi connectivity index (χ1) is 6.22. The summed E-state index contributed by atoms with van der Waals surface area (Å²) in [5.41, 5.74) is 2.50. The van der Waals surface area contributed by atoms with Gasteiger partial charge in [-0.05, 0) is 24.1 Å². The number of rotatable bonds is 3. The molecule has 0 radical (unpaired) electrons. The summed E-state index contributed by atoms with van der Waals surface area (Å²) in [5, 5.41) is 17.2. The minimum atomic E-state index is -0.409. The molecule has 0 aliphatic heterocycles. The molecule has 4 heteroatoms. The summed E-state index contributed by atoms with van der Waals surface area (Å²) >= 11 is 0. The van der Waals surface area contributed by atoms with Crippen LogP contribution in [0, 0.1) is 0 Å². The molecule has 3 N–H and O–H groups in total. The third-order valence-corrected chi connectivity index (χ3v) is 1.70. The van der Waals surface area contributed by atoms with E-state index >= 15 is 0 Å². The summed E-state index contributed by atoms with van der Waals surface area (Å²) in [6, 6.07) is 6.60. The van der Waals surface area contributed by atoms with Gasteiger partial charge < -0.3 is 5.11 Å². The van der Waals surface area contributed by atoms with Gasteiger partial charge in [-0.1, -0.05) is 12.1 Å². The molecule has 0 bridgehead atoms. The lowest BCUT2D eigenvalue weighted by molar-refractivity contribution is -0.129. The maximum atomic E-state index is 10.6. The zero-order valence-corrected chi connectivity index (χ0v) is 7.03. The molecule has 4 nitrogen and oxygen atoms in total. The molecule has 1 aromatic carbocycles. The molecule has 0 unspecified atom stereocenters. The Morgan fingerprint density at radius 1 is 1.31 bits per heavy atom. The molecule has 0 aromatic heterocycles. The number of carbonyl (C=O) groups is 1. The first-order valence-electron chi connectivity index (χ1n) is 3.93. The highest BCUT2D eigenvalue weighted by molar-refractivity contribution is 5.74. The molecule has 1 amide bonds. The van der Waals surface area contributed by atoms with Crippen LogP contribution in [0.5, 0.6) is 5.75 Å². The van der Waals surface area contributed by atoms with Gasteiger partial charge in [0.05, 0.1) is 0 Å². The molecule has 70 valence electrons. The van der Waals surface area contributed by atoms with Crippen LogP contribution in [0.3, 0.4) is 0 Å². The summed E-state index contributed by atoms with van der Waals surface area (Å²) in [5.74, 6) is -0.205. The number of aromatic hydroxyl groups is 1. The lowest BCUT2D eigenvalue weighted by atomic mass is 10.1. The Labute approximate surface area is 75.8 Å². The van der Waals surface area contributed by atoms with Crippen LogP contribution >= 0.6 is 0 Å². The van der Waals surface area contributed by atoms with Gasteiger partial charge >= 0.3 is 0 Å². The number of phenols is 1. The molecular weight excluding hydrogens is 170 g/mol. The van der Waals surface area contributed by atoms with E-state index in [4.69, 9.17) is 10.3 Å². The molecular formula is C9H11NO3. The minimum Gasteiger partial charge on any atom is -0.508 e. The summed E-state index contributed by atoms with van der Waals surface area (Å²) in [6.45, 7) is 0. The Balaban J connectivity index is 2.46. The van der Waals surface area contributed by atoms with Gasteiger partial charge in [0.15, 0.2) is 0 Å². The number of phenolic OH excluding ortho intramolecular Hbond substituents is 1. The zero-order valence-electron chi connectivity index (χ0n) is 7.03. The summed E-state index contributed by atoms with van der Waals surface area (Å²) in [6.07, 6.45) is 0.786. The van der Waals surface area contributed by atoms with Crippen LogP contribution in [0.15, 0.2) is 24.3 Å². The van der Waals surface area contributed by atoms with Crippen molar-refractivity contribution in [2.75, 3.05) is 0 Å². The van der Waals surface area contributed by atoms with E-state index in [1.54, 1.807) is 29.7 Å². The monoisotopic (exact) mass is 181 g/mol. The van der Waals surface area contributed by atoms with Crippen molar-refractivity contribution in [3.05, 3.63) is 29.8 Å². The Morgan fingerprint density at radius 2 is 1.92 bits per heavy atom. The normalized spacial score (nSPS) is 9.62. The zero-order chi connectivity index (χ0) is 9.68. The van der Waals surface area contributed by atoms with Gasteiger partial charge in [0.25, 0.3) is 0 Å². The van der Waals surface area contributed by atoms with Crippen LogP contribution in [0.25, 0.3) is 0 Å². The van der Waals surface area contributed by atoms with Crippen LogP contribution in [-0.4, -0.2) is 16.2 Å². The van der Waals surface area contributed by atoms with Crippen molar-refractivity contribution in [1.82, 2.24) is 5.48 Å². The number of amides is 1. The fourth-order valence-electron chi connectivity index (χ4n) is 0.976. The average molecular weight is 181 g/mol. The molecule has 0 atom stereocenters. The number of carbonyl (C=O) groups excluding carboxylic acids is 1. The van der Waals surface area contributed by atoms with Crippen molar-refractivity contribution in [1.29, 1.82) is 0 Å². The lowest BCUT2D eigenvalue weighted by Crippen LogP contribution is -2.18. The number of aryl methyl sites for hydroxylation is 1. The van der Waals surface area contributed by atoms with Gasteiger partial charge in [0.2, 0.25) is 5.91 Å². The van der Waals surface area contributed by atoms with E-state index in [1.807, 2.05) is 0 Å². The third-order valence-electron chi connectivity index (χ3n) is 1.70. The summed E-state index contributed by atoms with van der Waals surface area (Å²) in [7, 11) is 0. The van der Waals surface area contributed by atoms with Crippen LogP contribution in [0.4, 0.5) is 0 Å². The maximum absolute atomic E-state index is 10.6. The molecule has 0 spiro atoms. The second-order valence-electron chi connectivity index (χ2n) is 2.70. The number of hydrogen-bond donors (Lipinski definition) is 3. The number of nitrogens with one attached hydrogen (secondary N) is 1. The summed E-state index contributed by atoms with van der Waals surface area (Å²) in [4.78, 5) is 10.6. The molecule has 1 rings (SSSR count). The second kappa shape index (κ2) is 4.47. The van der Waals surface area contributed by atoms with Crippen molar-refractivity contribution in [2.45, 2.75) is 12.8 Å². The minimum absolute atomic E-state index is 0.204. The van der Waals surface area contributed by atoms with Crippen LogP contribution < -0.4 is 5.48 Å². The number of hydroxylamine groups is 1. The van der Waals surface area contributed by atoms with Gasteiger partial charge in [0, 0.05) is 6.42 Å². The van der Waals surface area contributed by atoms with E-state index in [2.05, 4.69) is 0 Å². The lowest BCUT2D eigenvalue weighted by Gasteiger charge is -1.99. The second-order valence-corrected chi connectivity index (χ2v) is 2.70. The first kappa shape index (κ1) is 9.54. The number of benzene rings is 1. The van der Waals surface area contributed by atoms with Gasteiger partial charge in [-0.25, -0.2) is 5.48 Å². The average Bonchev–Trinajstić information content (AvgIpc) is 2.16. The van der Waals surface area contributed by atoms with Crippen molar-refractivity contribution in [2.24, 2.45) is 0 Å². The van der Waals surface area contributed by atoms with E-state index in [1.165, 1.54) is 0 Å². The van der Waals surface area contributed by atoms with E-state index in [9.17, 15) is 4.79 Å². The largest absolute Gasteiger partial charge is 0.508 e. The Bertz CT molecular complexity index is 281. The predicted molar refractivity (Wildman–Crippen MR) is 46.4 cm³/mol. The Kier molecular flexibility index (Phi) is 3.28. The van der Waals surface area contributed by atoms with Crippen LogP contribution in [0.2, 0.25) is 0 Å². The smallest absolute Gasteiger partial charge is 0.243 e. The topological polar surface area (TPSA) is 69.6 Å². The van der Waals surface area contributed by atoms with E-state index < -0.39 is 5.91 Å². The van der Waals surface area contributed by atoms with Crippen molar-refractivity contribution < 1.29 is 15.1 Å². The highest BCUT2D eigenvalue weighted by atomic mass is 16.5. The Morgan fingerprint density at radius 3 is 2.46 bits per heavy atom. The Hall–Kier alpha value is -1.55. The third kappa shape index (κ3) is 3.13. The van der Waals surface area contributed by atoms with Crippen LogP contribution in [-0.2, 0) is 11.2 Å². The maximum Gasteiger partial charge on any atom is 0.243 e. The van der Waals surface area contributed by atoms with Gasteiger partial charge in [0.1, 0.15) is 5.75 Å². The molecule has 0 aliphatic carbocycles. The van der Waals surface area contributed by atoms with E-state index in [0.29, 0.717) is 6.42 Å².